The topological polar surface area (TPSA) is 18.5 Å². The van der Waals surface area contributed by atoms with Gasteiger partial charge in [0.15, 0.2) is 0 Å². The first-order valence-electron chi connectivity index (χ1n) is 8.50. The fraction of sp³-hybridized carbons (Fsp3) is 0.667. The Labute approximate surface area is 129 Å². The standard InChI is InChI=1S/C18H29N3/c1-15-5-3-7-17(13-15)21-11-9-20(10-12-21)14-18-16(2)6-4-8-19-18/h3,5,7,13,16,18-19H,4,6,8-12,14H2,1-2H3. The summed E-state index contributed by atoms with van der Waals surface area (Å²) in [7, 11) is 0. The van der Waals surface area contributed by atoms with Gasteiger partial charge in [-0.15, -0.1) is 0 Å². The van der Waals surface area contributed by atoms with Gasteiger partial charge in [-0.25, -0.2) is 0 Å². The SMILES string of the molecule is Cc1cccc(N2CCN(CC3NCCCC3C)CC2)c1. The molecule has 0 radical (unpaired) electrons. The molecule has 3 nitrogen and oxygen atoms in total. The average Bonchev–Trinajstić information content (AvgIpc) is 2.50. The summed E-state index contributed by atoms with van der Waals surface area (Å²) in [5.41, 5.74) is 2.74. The van der Waals surface area contributed by atoms with Crippen LogP contribution in [0.25, 0.3) is 0 Å². The highest BCUT2D eigenvalue weighted by Gasteiger charge is 2.25. The Morgan fingerprint density at radius 3 is 2.71 bits per heavy atom. The lowest BCUT2D eigenvalue weighted by Gasteiger charge is -2.40. The van der Waals surface area contributed by atoms with Gasteiger partial charge in [-0.1, -0.05) is 19.1 Å². The van der Waals surface area contributed by atoms with E-state index in [0.29, 0.717) is 6.04 Å². The average molecular weight is 287 g/mol. The molecular formula is C18H29N3. The smallest absolute Gasteiger partial charge is 0.0369 e. The highest BCUT2D eigenvalue weighted by atomic mass is 15.3. The molecule has 2 saturated heterocycles. The van der Waals surface area contributed by atoms with Crippen LogP contribution in [0.2, 0.25) is 0 Å². The molecule has 2 heterocycles. The molecule has 21 heavy (non-hydrogen) atoms. The van der Waals surface area contributed by atoms with Crippen molar-refractivity contribution in [2.75, 3.05) is 44.2 Å². The summed E-state index contributed by atoms with van der Waals surface area (Å²) < 4.78 is 0. The van der Waals surface area contributed by atoms with E-state index in [2.05, 4.69) is 53.2 Å². The number of aryl methyl sites for hydroxylation is 1. The van der Waals surface area contributed by atoms with Crippen molar-refractivity contribution < 1.29 is 0 Å². The minimum Gasteiger partial charge on any atom is -0.369 e. The summed E-state index contributed by atoms with van der Waals surface area (Å²) in [5.74, 6) is 0.827. The molecule has 3 heteroatoms. The molecule has 1 aromatic rings. The summed E-state index contributed by atoms with van der Waals surface area (Å²) in [6, 6.07) is 9.60. The molecular weight excluding hydrogens is 258 g/mol. The summed E-state index contributed by atoms with van der Waals surface area (Å²) in [5, 5.41) is 3.71. The van der Waals surface area contributed by atoms with E-state index in [1.54, 1.807) is 0 Å². The van der Waals surface area contributed by atoms with E-state index < -0.39 is 0 Å². The van der Waals surface area contributed by atoms with Crippen molar-refractivity contribution >= 4 is 5.69 Å². The molecule has 116 valence electrons. The van der Waals surface area contributed by atoms with Crippen LogP contribution in [0.4, 0.5) is 5.69 Å². The molecule has 0 aromatic heterocycles. The molecule has 0 amide bonds. The van der Waals surface area contributed by atoms with Gasteiger partial charge in [0, 0.05) is 44.5 Å². The van der Waals surface area contributed by atoms with E-state index in [9.17, 15) is 0 Å². The van der Waals surface area contributed by atoms with Crippen molar-refractivity contribution in [3.63, 3.8) is 0 Å². The number of anilines is 1. The summed E-state index contributed by atoms with van der Waals surface area (Å²) in [6.45, 7) is 11.7. The fourth-order valence-corrected chi connectivity index (χ4v) is 3.65. The summed E-state index contributed by atoms with van der Waals surface area (Å²) in [4.78, 5) is 5.17. The Morgan fingerprint density at radius 2 is 2.00 bits per heavy atom. The van der Waals surface area contributed by atoms with Gasteiger partial charge < -0.3 is 10.2 Å². The van der Waals surface area contributed by atoms with Crippen LogP contribution >= 0.6 is 0 Å². The number of rotatable bonds is 3. The first-order valence-corrected chi connectivity index (χ1v) is 8.50. The van der Waals surface area contributed by atoms with Crippen molar-refractivity contribution in [3.8, 4) is 0 Å². The van der Waals surface area contributed by atoms with E-state index in [0.717, 1.165) is 19.0 Å². The second kappa shape index (κ2) is 6.80. The van der Waals surface area contributed by atoms with Gasteiger partial charge >= 0.3 is 0 Å². The summed E-state index contributed by atoms with van der Waals surface area (Å²) >= 11 is 0. The van der Waals surface area contributed by atoms with Crippen LogP contribution in [0.5, 0.6) is 0 Å². The van der Waals surface area contributed by atoms with E-state index >= 15 is 0 Å². The molecule has 1 N–H and O–H groups in total. The molecule has 2 aliphatic heterocycles. The number of benzene rings is 1. The number of hydrogen-bond donors (Lipinski definition) is 1. The summed E-state index contributed by atoms with van der Waals surface area (Å²) in [6.07, 6.45) is 2.74. The van der Waals surface area contributed by atoms with Gasteiger partial charge in [0.05, 0.1) is 0 Å². The van der Waals surface area contributed by atoms with E-state index in [1.807, 2.05) is 0 Å². The van der Waals surface area contributed by atoms with Gasteiger partial charge in [-0.05, 0) is 49.9 Å². The predicted octanol–water partition coefficient (Wildman–Crippen LogP) is 2.51. The lowest BCUT2D eigenvalue weighted by atomic mass is 9.92. The largest absolute Gasteiger partial charge is 0.369 e. The van der Waals surface area contributed by atoms with Crippen LogP contribution in [-0.2, 0) is 0 Å². The molecule has 0 saturated carbocycles. The van der Waals surface area contributed by atoms with Crippen LogP contribution in [0.1, 0.15) is 25.3 Å². The van der Waals surface area contributed by atoms with E-state index in [1.165, 1.54) is 50.3 Å². The Hall–Kier alpha value is -1.06. The highest BCUT2D eigenvalue weighted by Crippen LogP contribution is 2.20. The zero-order valence-electron chi connectivity index (χ0n) is 13.5. The number of nitrogens with zero attached hydrogens (tertiary/aromatic N) is 2. The van der Waals surface area contributed by atoms with Gasteiger partial charge in [0.1, 0.15) is 0 Å². The Balaban J connectivity index is 1.51. The molecule has 2 atom stereocenters. The van der Waals surface area contributed by atoms with E-state index in [4.69, 9.17) is 0 Å². The van der Waals surface area contributed by atoms with Crippen LogP contribution in [-0.4, -0.2) is 50.2 Å². The normalized spacial score (nSPS) is 27.8. The van der Waals surface area contributed by atoms with Gasteiger partial charge in [-0.2, -0.15) is 0 Å². The Bertz CT molecular complexity index is 452. The maximum Gasteiger partial charge on any atom is 0.0369 e. The fourth-order valence-electron chi connectivity index (χ4n) is 3.65. The number of nitrogens with one attached hydrogen (secondary N) is 1. The number of piperidine rings is 1. The first kappa shape index (κ1) is 14.9. The maximum absolute atomic E-state index is 3.71. The second-order valence-electron chi connectivity index (χ2n) is 6.81. The van der Waals surface area contributed by atoms with Crippen LogP contribution in [0.3, 0.4) is 0 Å². The molecule has 2 aliphatic rings. The molecule has 0 bridgehead atoms. The molecule has 2 fully saturated rings. The van der Waals surface area contributed by atoms with Crippen LogP contribution in [0, 0.1) is 12.8 Å². The van der Waals surface area contributed by atoms with E-state index in [-0.39, 0.29) is 0 Å². The second-order valence-corrected chi connectivity index (χ2v) is 6.81. The van der Waals surface area contributed by atoms with Crippen molar-refractivity contribution in [1.29, 1.82) is 0 Å². The third kappa shape index (κ3) is 3.78. The van der Waals surface area contributed by atoms with Crippen LogP contribution in [0.15, 0.2) is 24.3 Å². The number of piperazine rings is 1. The quantitative estimate of drug-likeness (QED) is 0.921. The van der Waals surface area contributed by atoms with Crippen molar-refractivity contribution in [2.24, 2.45) is 5.92 Å². The first-order chi connectivity index (χ1) is 10.2. The van der Waals surface area contributed by atoms with Gasteiger partial charge in [0.25, 0.3) is 0 Å². The Kier molecular flexibility index (Phi) is 4.81. The van der Waals surface area contributed by atoms with Gasteiger partial charge in [-0.3, -0.25) is 4.90 Å². The minimum absolute atomic E-state index is 0.698. The molecule has 0 aliphatic carbocycles. The van der Waals surface area contributed by atoms with Crippen LogP contribution < -0.4 is 10.2 Å². The van der Waals surface area contributed by atoms with Gasteiger partial charge in [0.2, 0.25) is 0 Å². The third-order valence-electron chi connectivity index (χ3n) is 5.12. The van der Waals surface area contributed by atoms with Crippen molar-refractivity contribution in [2.45, 2.75) is 32.7 Å². The maximum atomic E-state index is 3.71. The lowest BCUT2D eigenvalue weighted by Crippen LogP contribution is -2.53. The zero-order chi connectivity index (χ0) is 14.7. The number of hydrogen-bond acceptors (Lipinski definition) is 3. The zero-order valence-corrected chi connectivity index (χ0v) is 13.5. The third-order valence-corrected chi connectivity index (χ3v) is 5.12. The molecule has 0 spiro atoms. The monoisotopic (exact) mass is 287 g/mol. The Morgan fingerprint density at radius 1 is 1.19 bits per heavy atom. The van der Waals surface area contributed by atoms with Crippen molar-refractivity contribution in [1.82, 2.24) is 10.2 Å². The lowest BCUT2D eigenvalue weighted by molar-refractivity contribution is 0.183. The molecule has 1 aromatic carbocycles. The predicted molar refractivity (Wildman–Crippen MR) is 90.0 cm³/mol. The minimum atomic E-state index is 0.698. The highest BCUT2D eigenvalue weighted by molar-refractivity contribution is 5.48. The van der Waals surface area contributed by atoms with Crippen molar-refractivity contribution in [3.05, 3.63) is 29.8 Å². The molecule has 3 rings (SSSR count). The molecule has 2 unspecified atom stereocenters.